The largest absolute Gasteiger partial charge is 0.435 e. The number of halogens is 6. The third-order valence-corrected chi connectivity index (χ3v) is 6.90. The molecule has 0 fully saturated rings. The van der Waals surface area contributed by atoms with E-state index in [2.05, 4.69) is 15.4 Å². The fourth-order valence-electron chi connectivity index (χ4n) is 5.11. The summed E-state index contributed by atoms with van der Waals surface area (Å²) >= 11 is 0. The van der Waals surface area contributed by atoms with Crippen molar-refractivity contribution in [2.45, 2.75) is 38.0 Å². The highest BCUT2D eigenvalue weighted by Crippen LogP contribution is 2.36. The maximum Gasteiger partial charge on any atom is 0.435 e. The molecule has 0 spiro atoms. The number of carbonyl (C=O) groups is 3. The van der Waals surface area contributed by atoms with Crippen molar-refractivity contribution in [2.24, 2.45) is 5.73 Å². The van der Waals surface area contributed by atoms with E-state index < -0.39 is 70.6 Å². The van der Waals surface area contributed by atoms with Crippen molar-refractivity contribution in [3.63, 3.8) is 0 Å². The first-order chi connectivity index (χ1) is 20.3. The van der Waals surface area contributed by atoms with Crippen LogP contribution in [0.2, 0.25) is 0 Å². The van der Waals surface area contributed by atoms with Crippen molar-refractivity contribution in [1.82, 2.24) is 20.1 Å². The van der Waals surface area contributed by atoms with E-state index >= 15 is 0 Å². The van der Waals surface area contributed by atoms with Crippen molar-refractivity contribution < 1.29 is 40.7 Å². The molecule has 2 aromatic heterocycles. The third kappa shape index (κ3) is 6.12. The Bertz CT molecular complexity index is 1750. The second-order valence-electron chi connectivity index (χ2n) is 9.85. The van der Waals surface area contributed by atoms with Crippen LogP contribution in [0.4, 0.5) is 26.3 Å². The van der Waals surface area contributed by atoms with E-state index in [0.29, 0.717) is 11.6 Å². The van der Waals surface area contributed by atoms with Crippen LogP contribution >= 0.6 is 0 Å². The van der Waals surface area contributed by atoms with Crippen LogP contribution in [0, 0.1) is 17.5 Å². The van der Waals surface area contributed by atoms with E-state index in [9.17, 15) is 40.7 Å². The van der Waals surface area contributed by atoms with Gasteiger partial charge in [0.1, 0.15) is 24.0 Å². The second kappa shape index (κ2) is 11.3. The molecule has 14 heteroatoms. The number of benzene rings is 2. The summed E-state index contributed by atoms with van der Waals surface area (Å²) in [5.41, 5.74) is 3.73. The van der Waals surface area contributed by atoms with Crippen molar-refractivity contribution >= 4 is 17.6 Å². The number of aromatic nitrogens is 3. The molecule has 43 heavy (non-hydrogen) atoms. The maximum atomic E-state index is 14.2. The normalized spacial score (nSPS) is 13.6. The van der Waals surface area contributed by atoms with Crippen LogP contribution in [0.15, 0.2) is 54.7 Å². The Hall–Kier alpha value is -5.01. The smallest absolute Gasteiger partial charge is 0.366 e. The number of alkyl halides is 3. The highest BCUT2D eigenvalue weighted by molar-refractivity contribution is 6.01. The highest BCUT2D eigenvalue weighted by atomic mass is 19.4. The quantitative estimate of drug-likeness (QED) is 0.284. The molecule has 1 atom stereocenters. The summed E-state index contributed by atoms with van der Waals surface area (Å²) in [4.78, 5) is 41.5. The lowest BCUT2D eigenvalue weighted by Gasteiger charge is -2.22. The van der Waals surface area contributed by atoms with E-state index in [-0.39, 0.29) is 41.8 Å². The fourth-order valence-corrected chi connectivity index (χ4v) is 5.11. The number of amides is 2. The first-order valence-corrected chi connectivity index (χ1v) is 12.8. The highest BCUT2D eigenvalue weighted by Gasteiger charge is 2.43. The molecule has 8 nitrogen and oxygen atoms in total. The average Bonchev–Trinajstić information content (AvgIpc) is 3.48. The number of hydrogen-bond donors (Lipinski definition) is 2. The molecule has 1 aliphatic carbocycles. The van der Waals surface area contributed by atoms with Gasteiger partial charge >= 0.3 is 6.18 Å². The Morgan fingerprint density at radius 2 is 1.74 bits per heavy atom. The van der Waals surface area contributed by atoms with Crippen molar-refractivity contribution in [3.8, 4) is 11.1 Å². The predicted octanol–water partition coefficient (Wildman–Crippen LogP) is 4.71. The van der Waals surface area contributed by atoms with Gasteiger partial charge in [0.15, 0.2) is 11.5 Å². The number of rotatable bonds is 8. The number of nitrogens with zero attached hydrogens (tertiary/aromatic N) is 3. The van der Waals surface area contributed by atoms with Gasteiger partial charge in [0.2, 0.25) is 5.91 Å². The number of hydrogen-bond acceptors (Lipinski definition) is 5. The van der Waals surface area contributed by atoms with Gasteiger partial charge in [0.05, 0.1) is 28.6 Å². The first kappa shape index (κ1) is 29.5. The van der Waals surface area contributed by atoms with Crippen LogP contribution in [-0.4, -0.2) is 32.4 Å². The molecule has 2 amide bonds. The van der Waals surface area contributed by atoms with Crippen molar-refractivity contribution in [3.05, 3.63) is 106 Å². The van der Waals surface area contributed by atoms with E-state index in [4.69, 9.17) is 5.73 Å². The molecule has 0 saturated heterocycles. The summed E-state index contributed by atoms with van der Waals surface area (Å²) in [7, 11) is 0. The lowest BCUT2D eigenvalue weighted by atomic mass is 9.94. The lowest BCUT2D eigenvalue weighted by Crippen LogP contribution is -2.34. The molecule has 4 aromatic rings. The zero-order valence-corrected chi connectivity index (χ0v) is 22.0. The summed E-state index contributed by atoms with van der Waals surface area (Å²) in [6.07, 6.45) is -3.97. The predicted molar refractivity (Wildman–Crippen MR) is 139 cm³/mol. The number of pyridine rings is 1. The van der Waals surface area contributed by atoms with Crippen LogP contribution in [-0.2, 0) is 30.4 Å². The summed E-state index contributed by atoms with van der Waals surface area (Å²) in [5, 5.41) is 6.14. The van der Waals surface area contributed by atoms with Crippen molar-refractivity contribution in [1.29, 1.82) is 0 Å². The number of fused-ring (bicyclic) bond motifs is 1. The van der Waals surface area contributed by atoms with Crippen LogP contribution in [0.3, 0.4) is 0 Å². The minimum absolute atomic E-state index is 0.0277. The standard InChI is InChI=1S/C29H21F6N5O3/c30-16-8-14(9-17(31)12-16)10-21(26-18(2-1-7-37-26)15-3-4-20(32)19(11-15)28(36)43)38-24(42)13-40-22-5-6-23(41)25(22)27(39-40)29(33,34)35/h1-4,7-9,11-12,21H,5-6,10,13H2,(H2,36,43)(H,38,42). The summed E-state index contributed by atoms with van der Waals surface area (Å²) in [6.45, 7) is -0.704. The van der Waals surface area contributed by atoms with Gasteiger partial charge in [-0.3, -0.25) is 24.0 Å². The minimum atomic E-state index is -4.92. The molecular weight excluding hydrogens is 580 g/mol. The Kier molecular flexibility index (Phi) is 7.78. The van der Waals surface area contributed by atoms with Crippen LogP contribution in [0.1, 0.15) is 55.8 Å². The van der Waals surface area contributed by atoms with Crippen LogP contribution in [0.25, 0.3) is 11.1 Å². The first-order valence-electron chi connectivity index (χ1n) is 12.8. The Morgan fingerprint density at radius 3 is 2.42 bits per heavy atom. The molecule has 0 bridgehead atoms. The number of nitrogens with two attached hydrogens (primary N) is 1. The zero-order chi connectivity index (χ0) is 31.1. The lowest BCUT2D eigenvalue weighted by molar-refractivity contribution is -0.142. The Balaban J connectivity index is 1.53. The van der Waals surface area contributed by atoms with Crippen LogP contribution < -0.4 is 11.1 Å². The minimum Gasteiger partial charge on any atom is -0.366 e. The van der Waals surface area contributed by atoms with E-state index in [0.717, 1.165) is 22.9 Å². The summed E-state index contributed by atoms with van der Waals surface area (Å²) in [6, 6.07) is 8.21. The fraction of sp³-hybridized carbons (Fsp3) is 0.207. The molecule has 222 valence electrons. The zero-order valence-electron chi connectivity index (χ0n) is 22.0. The van der Waals surface area contributed by atoms with Crippen molar-refractivity contribution in [2.75, 3.05) is 0 Å². The van der Waals surface area contributed by atoms with Gasteiger partial charge in [-0.25, -0.2) is 13.2 Å². The second-order valence-corrected chi connectivity index (χ2v) is 9.85. The molecule has 0 radical (unpaired) electrons. The Morgan fingerprint density at radius 1 is 1.02 bits per heavy atom. The molecule has 0 aliphatic heterocycles. The van der Waals surface area contributed by atoms with Gasteiger partial charge in [-0.15, -0.1) is 0 Å². The van der Waals surface area contributed by atoms with E-state index in [1.807, 2.05) is 0 Å². The molecule has 3 N–H and O–H groups in total. The van der Waals surface area contributed by atoms with Gasteiger partial charge in [-0.2, -0.15) is 18.3 Å². The van der Waals surface area contributed by atoms with E-state index in [1.54, 1.807) is 6.07 Å². The summed E-state index contributed by atoms with van der Waals surface area (Å²) in [5.74, 6) is -5.25. The number of carbonyl (C=O) groups excluding carboxylic acids is 3. The van der Waals surface area contributed by atoms with Gasteiger partial charge < -0.3 is 11.1 Å². The number of Topliss-reactive ketones (excluding diaryl/α,β-unsaturated/α-hetero) is 1. The third-order valence-electron chi connectivity index (χ3n) is 6.90. The maximum absolute atomic E-state index is 14.2. The molecule has 1 aliphatic rings. The van der Waals surface area contributed by atoms with Gasteiger partial charge in [-0.05, 0) is 54.3 Å². The molecule has 2 heterocycles. The number of nitrogens with one attached hydrogen (secondary N) is 1. The van der Waals surface area contributed by atoms with Crippen LogP contribution in [0.5, 0.6) is 0 Å². The molecule has 5 rings (SSSR count). The topological polar surface area (TPSA) is 120 Å². The molecule has 0 saturated carbocycles. The Labute approximate surface area is 239 Å². The van der Waals surface area contributed by atoms with Gasteiger partial charge in [-0.1, -0.05) is 12.1 Å². The molecule has 1 unspecified atom stereocenters. The average molecular weight is 602 g/mol. The number of primary amides is 1. The number of ketones is 1. The van der Waals surface area contributed by atoms with Gasteiger partial charge in [0, 0.05) is 24.2 Å². The van der Waals surface area contributed by atoms with E-state index in [1.165, 1.54) is 24.4 Å². The SMILES string of the molecule is NC(=O)c1cc(-c2cccnc2C(Cc2cc(F)cc(F)c2)NC(=O)Cn2nc(C(F)(F)F)c3c2CCC3=O)ccc1F. The molecule has 2 aromatic carbocycles. The molecular formula is C29H21F6N5O3. The monoisotopic (exact) mass is 601 g/mol. The summed E-state index contributed by atoms with van der Waals surface area (Å²) < 4.78 is 83.8. The van der Waals surface area contributed by atoms with Gasteiger partial charge in [0.25, 0.3) is 5.91 Å².